The maximum atomic E-state index is 13.7. The first-order valence-electron chi connectivity index (χ1n) is 8.33. The Hall–Kier alpha value is -3.15. The first-order valence-corrected chi connectivity index (χ1v) is 8.33. The number of carbonyl (C=O) groups is 1. The molecule has 1 amide bonds. The molecule has 0 aliphatic carbocycles. The molecule has 1 aromatic heterocycles. The highest BCUT2D eigenvalue weighted by Crippen LogP contribution is 2.21. The van der Waals surface area contributed by atoms with Crippen molar-refractivity contribution < 1.29 is 9.18 Å². The number of anilines is 1. The lowest BCUT2D eigenvalue weighted by Crippen LogP contribution is -2.38. The number of nitrogens with zero attached hydrogens (tertiary/aromatic N) is 3. The van der Waals surface area contributed by atoms with Gasteiger partial charge in [-0.25, -0.2) is 9.37 Å². The molecule has 0 saturated carbocycles. The number of rotatable bonds is 6. The summed E-state index contributed by atoms with van der Waals surface area (Å²) in [5, 5.41) is 2.97. The van der Waals surface area contributed by atoms with Gasteiger partial charge in [-0.3, -0.25) is 4.79 Å². The third-order valence-corrected chi connectivity index (χ3v) is 4.18. The summed E-state index contributed by atoms with van der Waals surface area (Å²) in [6.07, 6.45) is 3.45. The molecule has 1 unspecified atom stereocenters. The molecule has 0 bridgehead atoms. The van der Waals surface area contributed by atoms with Crippen LogP contribution in [0.5, 0.6) is 0 Å². The standard InChI is InChI=1S/C20H21FN4O/c1-24-12-11-22-20(24)19(15-7-6-8-16(21)13-15)23-18(26)14-25(2)17-9-4-3-5-10-17/h3-13,19H,14H2,1-2H3,(H,23,26). The topological polar surface area (TPSA) is 50.2 Å². The van der Waals surface area contributed by atoms with E-state index in [1.165, 1.54) is 12.1 Å². The molecule has 0 aliphatic heterocycles. The van der Waals surface area contributed by atoms with Crippen LogP contribution in [0.2, 0.25) is 0 Å². The molecule has 1 heterocycles. The first-order chi connectivity index (χ1) is 12.5. The number of imidazole rings is 1. The second-order valence-corrected chi connectivity index (χ2v) is 6.14. The summed E-state index contributed by atoms with van der Waals surface area (Å²) in [5.74, 6) is 0.122. The molecule has 26 heavy (non-hydrogen) atoms. The number of aromatic nitrogens is 2. The minimum Gasteiger partial charge on any atom is -0.365 e. The van der Waals surface area contributed by atoms with E-state index in [1.807, 2.05) is 53.9 Å². The maximum absolute atomic E-state index is 13.7. The van der Waals surface area contributed by atoms with Crippen molar-refractivity contribution in [1.82, 2.24) is 14.9 Å². The lowest BCUT2D eigenvalue weighted by atomic mass is 10.1. The zero-order valence-corrected chi connectivity index (χ0v) is 14.8. The Kier molecular flexibility index (Phi) is 5.31. The van der Waals surface area contributed by atoms with Gasteiger partial charge in [0.05, 0.1) is 6.54 Å². The van der Waals surface area contributed by atoms with Gasteiger partial charge in [0, 0.05) is 32.2 Å². The van der Waals surface area contributed by atoms with E-state index in [1.54, 1.807) is 24.5 Å². The Bertz CT molecular complexity index is 878. The van der Waals surface area contributed by atoms with Crippen molar-refractivity contribution in [3.8, 4) is 0 Å². The second kappa shape index (κ2) is 7.82. The van der Waals surface area contributed by atoms with Crippen LogP contribution in [-0.2, 0) is 11.8 Å². The van der Waals surface area contributed by atoms with Crippen molar-refractivity contribution in [3.05, 3.63) is 84.2 Å². The van der Waals surface area contributed by atoms with Crippen LogP contribution >= 0.6 is 0 Å². The fourth-order valence-electron chi connectivity index (χ4n) is 2.83. The summed E-state index contributed by atoms with van der Waals surface area (Å²) in [6.45, 7) is 0.181. The summed E-state index contributed by atoms with van der Waals surface area (Å²) in [7, 11) is 3.70. The number of benzene rings is 2. The number of hydrogen-bond donors (Lipinski definition) is 1. The minimum atomic E-state index is -0.526. The fourth-order valence-corrected chi connectivity index (χ4v) is 2.83. The predicted octanol–water partition coefficient (Wildman–Crippen LogP) is 2.90. The Morgan fingerprint density at radius 1 is 1.23 bits per heavy atom. The summed E-state index contributed by atoms with van der Waals surface area (Å²) >= 11 is 0. The Morgan fingerprint density at radius 2 is 2.00 bits per heavy atom. The molecule has 6 heteroatoms. The van der Waals surface area contributed by atoms with Crippen molar-refractivity contribution >= 4 is 11.6 Å². The van der Waals surface area contributed by atoms with E-state index in [0.717, 1.165) is 5.69 Å². The summed E-state index contributed by atoms with van der Waals surface area (Å²) in [5.41, 5.74) is 1.59. The average Bonchev–Trinajstić information content (AvgIpc) is 3.06. The molecule has 0 fully saturated rings. The number of halogens is 1. The van der Waals surface area contributed by atoms with Crippen LogP contribution < -0.4 is 10.2 Å². The number of aryl methyl sites for hydroxylation is 1. The third kappa shape index (κ3) is 4.08. The first kappa shape index (κ1) is 17.7. The molecule has 0 radical (unpaired) electrons. The van der Waals surface area contributed by atoms with Gasteiger partial charge >= 0.3 is 0 Å². The largest absolute Gasteiger partial charge is 0.365 e. The van der Waals surface area contributed by atoms with E-state index in [4.69, 9.17) is 0 Å². The van der Waals surface area contributed by atoms with Crippen LogP contribution in [0.15, 0.2) is 67.0 Å². The molecule has 0 saturated heterocycles. The molecule has 0 spiro atoms. The zero-order valence-electron chi connectivity index (χ0n) is 14.8. The van der Waals surface area contributed by atoms with Crippen LogP contribution in [0.25, 0.3) is 0 Å². The Balaban J connectivity index is 1.80. The summed E-state index contributed by atoms with van der Waals surface area (Å²) < 4.78 is 15.5. The van der Waals surface area contributed by atoms with E-state index in [-0.39, 0.29) is 18.3 Å². The van der Waals surface area contributed by atoms with Crippen molar-refractivity contribution in [2.75, 3.05) is 18.5 Å². The minimum absolute atomic E-state index is 0.173. The molecule has 0 aliphatic rings. The highest BCUT2D eigenvalue weighted by atomic mass is 19.1. The molecule has 1 N–H and O–H groups in total. The highest BCUT2D eigenvalue weighted by Gasteiger charge is 2.21. The molecule has 2 aromatic carbocycles. The number of nitrogens with one attached hydrogen (secondary N) is 1. The van der Waals surface area contributed by atoms with Gasteiger partial charge in [0.1, 0.15) is 17.7 Å². The fraction of sp³-hybridized carbons (Fsp3) is 0.200. The lowest BCUT2D eigenvalue weighted by molar-refractivity contribution is -0.120. The molecule has 1 atom stereocenters. The van der Waals surface area contributed by atoms with Gasteiger partial charge in [0.2, 0.25) is 5.91 Å². The van der Waals surface area contributed by atoms with Gasteiger partial charge in [-0.1, -0.05) is 30.3 Å². The van der Waals surface area contributed by atoms with Crippen molar-refractivity contribution in [3.63, 3.8) is 0 Å². The van der Waals surface area contributed by atoms with E-state index in [2.05, 4.69) is 10.3 Å². The maximum Gasteiger partial charge on any atom is 0.240 e. The van der Waals surface area contributed by atoms with E-state index in [9.17, 15) is 9.18 Å². The number of amides is 1. The quantitative estimate of drug-likeness (QED) is 0.742. The van der Waals surface area contributed by atoms with Crippen molar-refractivity contribution in [2.24, 2.45) is 7.05 Å². The second-order valence-electron chi connectivity index (χ2n) is 6.14. The average molecular weight is 352 g/mol. The smallest absolute Gasteiger partial charge is 0.240 e. The molecule has 3 aromatic rings. The van der Waals surface area contributed by atoms with Crippen molar-refractivity contribution in [2.45, 2.75) is 6.04 Å². The number of para-hydroxylation sites is 1. The van der Waals surface area contributed by atoms with Crippen LogP contribution in [0.1, 0.15) is 17.4 Å². The van der Waals surface area contributed by atoms with Crippen LogP contribution in [0.4, 0.5) is 10.1 Å². The van der Waals surface area contributed by atoms with E-state index in [0.29, 0.717) is 11.4 Å². The number of likely N-dealkylation sites (N-methyl/N-ethyl adjacent to an activating group) is 1. The van der Waals surface area contributed by atoms with Gasteiger partial charge in [-0.2, -0.15) is 0 Å². The molecule has 3 rings (SSSR count). The lowest BCUT2D eigenvalue weighted by Gasteiger charge is -2.23. The Labute approximate surface area is 152 Å². The number of carbonyl (C=O) groups excluding carboxylic acids is 1. The van der Waals surface area contributed by atoms with Gasteiger partial charge in [0.15, 0.2) is 0 Å². The normalized spacial score (nSPS) is 11.8. The van der Waals surface area contributed by atoms with Gasteiger partial charge in [-0.15, -0.1) is 0 Å². The van der Waals surface area contributed by atoms with Crippen LogP contribution in [-0.4, -0.2) is 29.1 Å². The molecule has 134 valence electrons. The van der Waals surface area contributed by atoms with E-state index < -0.39 is 6.04 Å². The Morgan fingerprint density at radius 3 is 2.65 bits per heavy atom. The monoisotopic (exact) mass is 352 g/mol. The van der Waals surface area contributed by atoms with Gasteiger partial charge in [-0.05, 0) is 29.8 Å². The van der Waals surface area contributed by atoms with Crippen LogP contribution in [0.3, 0.4) is 0 Å². The van der Waals surface area contributed by atoms with E-state index >= 15 is 0 Å². The molecule has 5 nitrogen and oxygen atoms in total. The van der Waals surface area contributed by atoms with Gasteiger partial charge in [0.25, 0.3) is 0 Å². The predicted molar refractivity (Wildman–Crippen MR) is 99.3 cm³/mol. The third-order valence-electron chi connectivity index (χ3n) is 4.18. The van der Waals surface area contributed by atoms with Crippen LogP contribution in [0, 0.1) is 5.82 Å². The molecular weight excluding hydrogens is 331 g/mol. The summed E-state index contributed by atoms with van der Waals surface area (Å²) in [4.78, 5) is 18.8. The highest BCUT2D eigenvalue weighted by molar-refractivity contribution is 5.82. The summed E-state index contributed by atoms with van der Waals surface area (Å²) in [6, 6.07) is 15.3. The SMILES string of the molecule is CN(CC(=O)NC(c1cccc(F)c1)c1nccn1C)c1ccccc1. The molecular formula is C20H21FN4O. The number of hydrogen-bond acceptors (Lipinski definition) is 3. The van der Waals surface area contributed by atoms with Gasteiger partial charge < -0.3 is 14.8 Å². The van der Waals surface area contributed by atoms with Crippen molar-refractivity contribution in [1.29, 1.82) is 0 Å². The zero-order chi connectivity index (χ0) is 18.5.